The maximum Gasteiger partial charge on any atom is 0.103 e. The molecule has 2 heterocycles. The molecule has 0 saturated carbocycles. The Hall–Kier alpha value is -0.150. The molecule has 1 atom stereocenters. The summed E-state index contributed by atoms with van der Waals surface area (Å²) < 4.78 is 13.2. The third-order valence-corrected chi connectivity index (χ3v) is 4.64. The number of hydrogen-bond acceptors (Lipinski definition) is 2. The lowest BCUT2D eigenvalue weighted by Crippen LogP contribution is -2.50. The highest BCUT2D eigenvalue weighted by molar-refractivity contribution is 5.02. The standard InChI is InChI=1S/C15H29FN2/c1-14(2,3)18-11-13(10-15(18,4)5)17-8-6-12(16)7-9-17/h12-13H,6-11H2,1-5H3. The van der Waals surface area contributed by atoms with Crippen LogP contribution in [-0.2, 0) is 0 Å². The second-order valence-corrected chi connectivity index (χ2v) is 7.66. The smallest absolute Gasteiger partial charge is 0.103 e. The van der Waals surface area contributed by atoms with Gasteiger partial charge < -0.3 is 0 Å². The van der Waals surface area contributed by atoms with E-state index in [2.05, 4.69) is 44.4 Å². The van der Waals surface area contributed by atoms with Crippen LogP contribution < -0.4 is 0 Å². The summed E-state index contributed by atoms with van der Waals surface area (Å²) >= 11 is 0. The summed E-state index contributed by atoms with van der Waals surface area (Å²) in [6.07, 6.45) is 2.11. The number of hydrogen-bond donors (Lipinski definition) is 0. The van der Waals surface area contributed by atoms with E-state index in [0.717, 1.165) is 32.5 Å². The Morgan fingerprint density at radius 3 is 2.11 bits per heavy atom. The molecule has 2 saturated heterocycles. The molecular weight excluding hydrogens is 227 g/mol. The normalized spacial score (nSPS) is 32.0. The van der Waals surface area contributed by atoms with Crippen molar-refractivity contribution < 1.29 is 4.39 Å². The first-order valence-corrected chi connectivity index (χ1v) is 7.36. The van der Waals surface area contributed by atoms with Crippen LogP contribution in [-0.4, -0.2) is 52.7 Å². The Balaban J connectivity index is 2.01. The summed E-state index contributed by atoms with van der Waals surface area (Å²) in [5.74, 6) is 0. The third-order valence-electron chi connectivity index (χ3n) is 4.64. The number of rotatable bonds is 1. The van der Waals surface area contributed by atoms with Gasteiger partial charge in [-0.3, -0.25) is 9.80 Å². The van der Waals surface area contributed by atoms with Crippen molar-refractivity contribution in [1.29, 1.82) is 0 Å². The Kier molecular flexibility index (Phi) is 3.76. The lowest BCUT2D eigenvalue weighted by molar-refractivity contribution is 0.0625. The minimum absolute atomic E-state index is 0.219. The summed E-state index contributed by atoms with van der Waals surface area (Å²) in [6.45, 7) is 14.6. The first kappa shape index (κ1) is 14.3. The Bertz CT molecular complexity index is 287. The summed E-state index contributed by atoms with van der Waals surface area (Å²) in [4.78, 5) is 5.13. The lowest BCUT2D eigenvalue weighted by atomic mass is 9.95. The van der Waals surface area contributed by atoms with Gasteiger partial charge in [0.2, 0.25) is 0 Å². The molecule has 3 heteroatoms. The summed E-state index contributed by atoms with van der Waals surface area (Å²) in [7, 11) is 0. The fourth-order valence-electron chi connectivity index (χ4n) is 3.87. The van der Waals surface area contributed by atoms with E-state index in [1.54, 1.807) is 0 Å². The van der Waals surface area contributed by atoms with Crippen LogP contribution in [0.3, 0.4) is 0 Å². The minimum Gasteiger partial charge on any atom is -0.299 e. The van der Waals surface area contributed by atoms with E-state index in [9.17, 15) is 4.39 Å². The van der Waals surface area contributed by atoms with Crippen LogP contribution in [0.1, 0.15) is 53.9 Å². The molecule has 2 rings (SSSR count). The number of likely N-dealkylation sites (tertiary alicyclic amines) is 2. The van der Waals surface area contributed by atoms with Crippen molar-refractivity contribution in [1.82, 2.24) is 9.80 Å². The number of piperidine rings is 1. The van der Waals surface area contributed by atoms with Gasteiger partial charge in [0.15, 0.2) is 0 Å². The van der Waals surface area contributed by atoms with E-state index in [1.807, 2.05) is 0 Å². The molecule has 0 N–H and O–H groups in total. The number of alkyl halides is 1. The van der Waals surface area contributed by atoms with Crippen LogP contribution in [0.5, 0.6) is 0 Å². The van der Waals surface area contributed by atoms with Crippen LogP contribution in [0.4, 0.5) is 4.39 Å². The Labute approximate surface area is 112 Å². The summed E-state index contributed by atoms with van der Waals surface area (Å²) in [5, 5.41) is 0. The van der Waals surface area contributed by atoms with Gasteiger partial charge >= 0.3 is 0 Å². The molecule has 2 aliphatic heterocycles. The van der Waals surface area contributed by atoms with Crippen molar-refractivity contribution in [3.8, 4) is 0 Å². The first-order valence-electron chi connectivity index (χ1n) is 7.36. The van der Waals surface area contributed by atoms with Gasteiger partial charge in [-0.1, -0.05) is 0 Å². The fourth-order valence-corrected chi connectivity index (χ4v) is 3.87. The van der Waals surface area contributed by atoms with E-state index in [-0.39, 0.29) is 11.1 Å². The molecule has 0 aromatic carbocycles. The van der Waals surface area contributed by atoms with Gasteiger partial charge in [0, 0.05) is 36.8 Å². The zero-order valence-corrected chi connectivity index (χ0v) is 12.7. The van der Waals surface area contributed by atoms with Gasteiger partial charge in [-0.05, 0) is 53.9 Å². The van der Waals surface area contributed by atoms with Gasteiger partial charge in [-0.2, -0.15) is 0 Å². The zero-order chi connectivity index (χ0) is 13.6. The van der Waals surface area contributed by atoms with E-state index >= 15 is 0 Å². The summed E-state index contributed by atoms with van der Waals surface area (Å²) in [6, 6.07) is 0.617. The second-order valence-electron chi connectivity index (χ2n) is 7.66. The maximum atomic E-state index is 13.2. The quantitative estimate of drug-likeness (QED) is 0.711. The highest BCUT2D eigenvalue weighted by atomic mass is 19.1. The van der Waals surface area contributed by atoms with Crippen molar-refractivity contribution in [2.75, 3.05) is 19.6 Å². The number of nitrogens with zero attached hydrogens (tertiary/aromatic N) is 2. The average Bonchev–Trinajstić information content (AvgIpc) is 2.55. The van der Waals surface area contributed by atoms with Gasteiger partial charge in [0.1, 0.15) is 6.17 Å². The van der Waals surface area contributed by atoms with Crippen LogP contribution in [0.25, 0.3) is 0 Å². The van der Waals surface area contributed by atoms with Crippen LogP contribution in [0, 0.1) is 0 Å². The van der Waals surface area contributed by atoms with Crippen molar-refractivity contribution in [3.05, 3.63) is 0 Å². The van der Waals surface area contributed by atoms with Crippen molar-refractivity contribution in [3.63, 3.8) is 0 Å². The zero-order valence-electron chi connectivity index (χ0n) is 12.7. The van der Waals surface area contributed by atoms with Crippen LogP contribution >= 0.6 is 0 Å². The molecule has 0 spiro atoms. The fraction of sp³-hybridized carbons (Fsp3) is 1.00. The molecule has 18 heavy (non-hydrogen) atoms. The van der Waals surface area contributed by atoms with Gasteiger partial charge in [0.25, 0.3) is 0 Å². The molecule has 2 nitrogen and oxygen atoms in total. The monoisotopic (exact) mass is 256 g/mol. The molecule has 2 aliphatic rings. The highest BCUT2D eigenvalue weighted by Crippen LogP contribution is 2.37. The summed E-state index contributed by atoms with van der Waals surface area (Å²) in [5.41, 5.74) is 0.478. The van der Waals surface area contributed by atoms with Crippen molar-refractivity contribution >= 4 is 0 Å². The predicted molar refractivity (Wildman–Crippen MR) is 74.6 cm³/mol. The third kappa shape index (κ3) is 2.88. The largest absolute Gasteiger partial charge is 0.299 e. The molecule has 106 valence electrons. The molecule has 0 radical (unpaired) electrons. The topological polar surface area (TPSA) is 6.48 Å². The lowest BCUT2D eigenvalue weighted by Gasteiger charge is -2.42. The Morgan fingerprint density at radius 1 is 1.11 bits per heavy atom. The predicted octanol–water partition coefficient (Wildman–Crippen LogP) is 3.07. The molecule has 2 fully saturated rings. The molecule has 1 unspecified atom stereocenters. The highest BCUT2D eigenvalue weighted by Gasteiger charge is 2.45. The van der Waals surface area contributed by atoms with Crippen LogP contribution in [0.15, 0.2) is 0 Å². The van der Waals surface area contributed by atoms with Gasteiger partial charge in [-0.15, -0.1) is 0 Å². The van der Waals surface area contributed by atoms with E-state index in [1.165, 1.54) is 6.42 Å². The first-order chi connectivity index (χ1) is 8.20. The van der Waals surface area contributed by atoms with Crippen LogP contribution in [0.2, 0.25) is 0 Å². The van der Waals surface area contributed by atoms with E-state index in [4.69, 9.17) is 0 Å². The van der Waals surface area contributed by atoms with E-state index < -0.39 is 6.17 Å². The van der Waals surface area contributed by atoms with Gasteiger partial charge in [-0.25, -0.2) is 4.39 Å². The van der Waals surface area contributed by atoms with Crippen molar-refractivity contribution in [2.45, 2.75) is 77.2 Å². The number of halogens is 1. The average molecular weight is 256 g/mol. The molecule has 0 aromatic heterocycles. The SMILES string of the molecule is CC(C)(C)N1CC(N2CCC(F)CC2)CC1(C)C. The molecule has 0 aromatic rings. The molecular formula is C15H29FN2. The van der Waals surface area contributed by atoms with E-state index in [0.29, 0.717) is 6.04 Å². The minimum atomic E-state index is -0.561. The van der Waals surface area contributed by atoms with Crippen molar-refractivity contribution in [2.24, 2.45) is 0 Å². The molecule has 0 aliphatic carbocycles. The second kappa shape index (κ2) is 4.75. The maximum absolute atomic E-state index is 13.2. The van der Waals surface area contributed by atoms with Gasteiger partial charge in [0.05, 0.1) is 0 Å². The molecule has 0 amide bonds. The Morgan fingerprint density at radius 2 is 1.67 bits per heavy atom. The molecule has 0 bridgehead atoms.